The van der Waals surface area contributed by atoms with Crippen LogP contribution in [-0.4, -0.2) is 40.3 Å². The van der Waals surface area contributed by atoms with Crippen molar-refractivity contribution in [2.45, 2.75) is 32.2 Å². The number of hydrogen-bond donors (Lipinski definition) is 1. The molecule has 0 spiro atoms. The largest absolute Gasteiger partial charge is 0.480 e. The fraction of sp³-hybridized carbons (Fsp3) is 0.438. The van der Waals surface area contributed by atoms with Gasteiger partial charge in [0.15, 0.2) is 5.78 Å². The number of rotatable bonds is 5. The second-order valence-corrected chi connectivity index (χ2v) is 5.57. The summed E-state index contributed by atoms with van der Waals surface area (Å²) in [6.07, 6.45) is 1.02. The number of hydrogen-bond acceptors (Lipinski definition) is 3. The van der Waals surface area contributed by atoms with Gasteiger partial charge < -0.3 is 10.0 Å². The fourth-order valence-corrected chi connectivity index (χ4v) is 2.72. The normalized spacial score (nSPS) is 19.0. The highest BCUT2D eigenvalue weighted by Gasteiger charge is 2.36. The van der Waals surface area contributed by atoms with Gasteiger partial charge in [-0.05, 0) is 25.0 Å². The van der Waals surface area contributed by atoms with E-state index < -0.39 is 23.7 Å². The number of carbonyl (C=O) groups is 3. The van der Waals surface area contributed by atoms with Crippen LogP contribution < -0.4 is 0 Å². The van der Waals surface area contributed by atoms with Gasteiger partial charge in [0, 0.05) is 24.4 Å². The van der Waals surface area contributed by atoms with Gasteiger partial charge in [-0.3, -0.25) is 9.59 Å². The van der Waals surface area contributed by atoms with Gasteiger partial charge in [0.2, 0.25) is 5.91 Å². The summed E-state index contributed by atoms with van der Waals surface area (Å²) in [7, 11) is 0. The third-order valence-corrected chi connectivity index (χ3v) is 3.88. The van der Waals surface area contributed by atoms with Gasteiger partial charge in [0.1, 0.15) is 11.9 Å². The zero-order valence-corrected chi connectivity index (χ0v) is 12.3. The number of carboxylic acid groups (broad SMARTS) is 1. The predicted octanol–water partition coefficient (Wildman–Crippen LogP) is 2.11. The second-order valence-electron chi connectivity index (χ2n) is 5.57. The van der Waals surface area contributed by atoms with Crippen LogP contribution in [0.15, 0.2) is 24.3 Å². The second kappa shape index (κ2) is 6.68. The number of likely N-dealkylation sites (tertiary alicyclic amines) is 1. The quantitative estimate of drug-likeness (QED) is 0.845. The topological polar surface area (TPSA) is 74.7 Å². The van der Waals surface area contributed by atoms with E-state index >= 15 is 0 Å². The van der Waals surface area contributed by atoms with Crippen molar-refractivity contribution in [2.75, 3.05) is 6.54 Å². The molecule has 1 aromatic rings. The first-order chi connectivity index (χ1) is 10.4. The lowest BCUT2D eigenvalue weighted by Gasteiger charge is -2.24. The average Bonchev–Trinajstić information content (AvgIpc) is 2.95. The third kappa shape index (κ3) is 3.50. The lowest BCUT2D eigenvalue weighted by atomic mass is 9.98. The van der Waals surface area contributed by atoms with Crippen LogP contribution in [0.2, 0.25) is 0 Å². The molecule has 118 valence electrons. The zero-order chi connectivity index (χ0) is 16.3. The standard InChI is InChI=1S/C16H18FNO4/c1-10(8-14(19)11-4-2-5-12(17)9-11)15(20)18-7-3-6-13(18)16(21)22/h2,4-5,9-10,13H,3,6-8H2,1H3,(H,21,22)/t10-,13+/m1/s1. The molecule has 1 saturated heterocycles. The zero-order valence-electron chi connectivity index (χ0n) is 12.3. The van der Waals surface area contributed by atoms with Crippen molar-refractivity contribution in [3.8, 4) is 0 Å². The number of aliphatic carboxylic acids is 1. The summed E-state index contributed by atoms with van der Waals surface area (Å²) in [6.45, 7) is 1.99. The van der Waals surface area contributed by atoms with E-state index in [1.54, 1.807) is 6.92 Å². The molecule has 1 heterocycles. The predicted molar refractivity (Wildman–Crippen MR) is 76.9 cm³/mol. The van der Waals surface area contributed by atoms with E-state index in [1.807, 2.05) is 0 Å². The molecule has 1 aromatic carbocycles. The summed E-state index contributed by atoms with van der Waals surface area (Å²) < 4.78 is 13.1. The van der Waals surface area contributed by atoms with Crippen LogP contribution in [0.25, 0.3) is 0 Å². The molecule has 0 bridgehead atoms. The lowest BCUT2D eigenvalue weighted by molar-refractivity contribution is -0.149. The SMILES string of the molecule is C[C@H](CC(=O)c1cccc(F)c1)C(=O)N1CCC[C@H]1C(=O)O. The molecule has 0 aliphatic carbocycles. The maximum Gasteiger partial charge on any atom is 0.326 e. The summed E-state index contributed by atoms with van der Waals surface area (Å²) in [5.74, 6) is -2.82. The van der Waals surface area contributed by atoms with Crippen LogP contribution in [0.3, 0.4) is 0 Å². The van der Waals surface area contributed by atoms with E-state index in [9.17, 15) is 18.8 Å². The van der Waals surface area contributed by atoms with E-state index in [0.29, 0.717) is 19.4 Å². The number of amides is 1. The maximum atomic E-state index is 13.1. The Labute approximate surface area is 127 Å². The minimum absolute atomic E-state index is 0.0644. The number of Topliss-reactive ketones (excluding diaryl/α,β-unsaturated/α-hetero) is 1. The smallest absolute Gasteiger partial charge is 0.326 e. The molecule has 0 unspecified atom stereocenters. The minimum Gasteiger partial charge on any atom is -0.480 e. The fourth-order valence-electron chi connectivity index (χ4n) is 2.72. The van der Waals surface area contributed by atoms with Crippen LogP contribution in [0.5, 0.6) is 0 Å². The molecular formula is C16H18FNO4. The Balaban J connectivity index is 2.02. The van der Waals surface area contributed by atoms with Crippen molar-refractivity contribution in [3.63, 3.8) is 0 Å². The van der Waals surface area contributed by atoms with Gasteiger partial charge in [0.25, 0.3) is 0 Å². The molecule has 1 aliphatic heterocycles. The Kier molecular flexibility index (Phi) is 4.90. The van der Waals surface area contributed by atoms with Crippen molar-refractivity contribution >= 4 is 17.7 Å². The number of ketones is 1. The van der Waals surface area contributed by atoms with E-state index in [2.05, 4.69) is 0 Å². The number of carbonyl (C=O) groups excluding carboxylic acids is 2. The molecule has 1 aliphatic rings. The molecule has 0 radical (unpaired) electrons. The molecule has 2 rings (SSSR count). The van der Waals surface area contributed by atoms with Gasteiger partial charge >= 0.3 is 5.97 Å². The molecule has 5 nitrogen and oxygen atoms in total. The van der Waals surface area contributed by atoms with Crippen molar-refractivity contribution in [1.82, 2.24) is 4.90 Å². The van der Waals surface area contributed by atoms with Crippen molar-refractivity contribution in [1.29, 1.82) is 0 Å². The molecule has 2 atom stereocenters. The molecule has 6 heteroatoms. The summed E-state index contributed by atoms with van der Waals surface area (Å²) in [5, 5.41) is 9.10. The average molecular weight is 307 g/mol. The van der Waals surface area contributed by atoms with Gasteiger partial charge in [-0.15, -0.1) is 0 Å². The summed E-state index contributed by atoms with van der Waals surface area (Å²) >= 11 is 0. The summed E-state index contributed by atoms with van der Waals surface area (Å²) in [5.41, 5.74) is 0.218. The van der Waals surface area contributed by atoms with Crippen molar-refractivity contribution in [2.24, 2.45) is 5.92 Å². The summed E-state index contributed by atoms with van der Waals surface area (Å²) in [6, 6.07) is 4.51. The van der Waals surface area contributed by atoms with Crippen LogP contribution in [0.4, 0.5) is 4.39 Å². The molecule has 0 aromatic heterocycles. The Morgan fingerprint density at radius 3 is 2.77 bits per heavy atom. The Morgan fingerprint density at radius 1 is 1.41 bits per heavy atom. The van der Waals surface area contributed by atoms with Crippen molar-refractivity contribution < 1.29 is 23.9 Å². The van der Waals surface area contributed by atoms with Crippen LogP contribution in [0, 0.1) is 11.7 Å². The molecule has 1 fully saturated rings. The number of halogens is 1. The van der Waals surface area contributed by atoms with E-state index in [-0.39, 0.29) is 23.7 Å². The van der Waals surface area contributed by atoms with Crippen LogP contribution in [0.1, 0.15) is 36.5 Å². The summed E-state index contributed by atoms with van der Waals surface area (Å²) in [4.78, 5) is 36.9. The first kappa shape index (κ1) is 16.1. The first-order valence-electron chi connectivity index (χ1n) is 7.22. The van der Waals surface area contributed by atoms with E-state index in [4.69, 9.17) is 5.11 Å². The minimum atomic E-state index is -1.02. The number of carboxylic acids is 1. The van der Waals surface area contributed by atoms with Crippen LogP contribution >= 0.6 is 0 Å². The third-order valence-electron chi connectivity index (χ3n) is 3.88. The van der Waals surface area contributed by atoms with Gasteiger partial charge in [-0.1, -0.05) is 19.1 Å². The van der Waals surface area contributed by atoms with Crippen LogP contribution in [-0.2, 0) is 9.59 Å². The van der Waals surface area contributed by atoms with Crippen molar-refractivity contribution in [3.05, 3.63) is 35.6 Å². The Hall–Kier alpha value is -2.24. The highest BCUT2D eigenvalue weighted by atomic mass is 19.1. The molecule has 1 N–H and O–H groups in total. The molecular weight excluding hydrogens is 289 g/mol. The number of benzene rings is 1. The number of nitrogens with zero attached hydrogens (tertiary/aromatic N) is 1. The Morgan fingerprint density at radius 2 is 2.14 bits per heavy atom. The van der Waals surface area contributed by atoms with Gasteiger partial charge in [0.05, 0.1) is 0 Å². The highest BCUT2D eigenvalue weighted by Crippen LogP contribution is 2.22. The molecule has 22 heavy (non-hydrogen) atoms. The van der Waals surface area contributed by atoms with Gasteiger partial charge in [-0.25, -0.2) is 9.18 Å². The molecule has 0 saturated carbocycles. The lowest BCUT2D eigenvalue weighted by Crippen LogP contribution is -2.43. The molecule has 1 amide bonds. The maximum absolute atomic E-state index is 13.1. The van der Waals surface area contributed by atoms with Gasteiger partial charge in [-0.2, -0.15) is 0 Å². The van der Waals surface area contributed by atoms with E-state index in [0.717, 1.165) is 6.07 Å². The first-order valence-corrected chi connectivity index (χ1v) is 7.22. The highest BCUT2D eigenvalue weighted by molar-refractivity contribution is 5.98. The monoisotopic (exact) mass is 307 g/mol. The van der Waals surface area contributed by atoms with E-state index in [1.165, 1.54) is 23.1 Å². The Bertz CT molecular complexity index is 602.